The number of imide groups is 1. The van der Waals surface area contributed by atoms with Gasteiger partial charge in [0.05, 0.1) is 0 Å². The van der Waals surface area contributed by atoms with E-state index in [1.165, 1.54) is 6.92 Å². The lowest BCUT2D eigenvalue weighted by molar-refractivity contribution is -0.787. The zero-order valence-electron chi connectivity index (χ0n) is 14.5. The zero-order chi connectivity index (χ0) is 20.2. The van der Waals surface area contributed by atoms with E-state index in [1.807, 2.05) is 0 Å². The Labute approximate surface area is 153 Å². The van der Waals surface area contributed by atoms with Gasteiger partial charge in [-0.15, -0.1) is 4.48 Å². The van der Waals surface area contributed by atoms with Gasteiger partial charge in [-0.25, -0.2) is 18.8 Å². The van der Waals surface area contributed by atoms with Crippen molar-refractivity contribution >= 4 is 24.1 Å². The predicted octanol–water partition coefficient (Wildman–Crippen LogP) is 1.52. The number of benzene rings is 1. The number of carbonyl (C=O) groups excluding carboxylic acids is 2. The van der Waals surface area contributed by atoms with Crippen molar-refractivity contribution in [1.82, 2.24) is 5.32 Å². The van der Waals surface area contributed by atoms with Gasteiger partial charge in [-0.05, 0) is 12.5 Å². The molecule has 10 heteroatoms. The Morgan fingerprint density at radius 3 is 2.44 bits per heavy atom. The van der Waals surface area contributed by atoms with Gasteiger partial charge in [-0.2, -0.15) is 4.79 Å². The molecule has 1 fully saturated rings. The van der Waals surface area contributed by atoms with Crippen LogP contribution in [-0.4, -0.2) is 63.6 Å². The lowest BCUT2D eigenvalue weighted by Crippen LogP contribution is -2.66. The van der Waals surface area contributed by atoms with Crippen molar-refractivity contribution in [2.75, 3.05) is 6.54 Å². The number of amides is 3. The number of nitrogens with zero attached hydrogens (tertiary/aromatic N) is 1. The Morgan fingerprint density at radius 2 is 1.89 bits per heavy atom. The maximum atomic E-state index is 13.8. The third-order valence-electron chi connectivity index (χ3n) is 4.43. The van der Waals surface area contributed by atoms with E-state index in [0.717, 1.165) is 0 Å². The molecule has 0 bridgehead atoms. The zero-order valence-corrected chi connectivity index (χ0v) is 14.5. The summed E-state index contributed by atoms with van der Waals surface area (Å²) in [5.41, 5.74) is 0.700. The number of likely N-dealkylation sites (tertiary alicyclic amines) is 1. The van der Waals surface area contributed by atoms with Gasteiger partial charge in [0.1, 0.15) is 19.2 Å². The second-order valence-corrected chi connectivity index (χ2v) is 6.29. The third kappa shape index (κ3) is 4.22. The number of alkyl halides is 1. The van der Waals surface area contributed by atoms with Gasteiger partial charge < -0.3 is 20.3 Å². The van der Waals surface area contributed by atoms with E-state index in [0.29, 0.717) is 5.56 Å². The fraction of sp³-hybridized carbons (Fsp3) is 0.412. The number of carbonyl (C=O) groups is 4. The molecule has 27 heavy (non-hydrogen) atoms. The van der Waals surface area contributed by atoms with Crippen LogP contribution < -0.4 is 5.32 Å². The highest BCUT2D eigenvalue weighted by Crippen LogP contribution is 2.31. The number of quaternary nitrogens is 1. The molecular formula is C17H20FN2O7+. The van der Waals surface area contributed by atoms with Crippen LogP contribution in [0, 0.1) is 0 Å². The molecule has 3 N–H and O–H groups in total. The Bertz CT molecular complexity index is 742. The van der Waals surface area contributed by atoms with E-state index in [9.17, 15) is 33.8 Å². The van der Waals surface area contributed by atoms with Crippen molar-refractivity contribution < 1.29 is 43.0 Å². The summed E-state index contributed by atoms with van der Waals surface area (Å²) in [6.07, 6.45) is -5.12. The molecule has 2 rings (SSSR count). The first kappa shape index (κ1) is 20.3. The topological polar surface area (TPSA) is 130 Å². The number of halogens is 1. The Balaban J connectivity index is 2.08. The van der Waals surface area contributed by atoms with Crippen LogP contribution in [0.15, 0.2) is 30.3 Å². The molecule has 1 aliphatic heterocycles. The molecule has 4 unspecified atom stereocenters. The molecule has 9 nitrogen and oxygen atoms in total. The fourth-order valence-corrected chi connectivity index (χ4v) is 3.12. The van der Waals surface area contributed by atoms with Gasteiger partial charge in [-0.1, -0.05) is 30.3 Å². The van der Waals surface area contributed by atoms with Crippen LogP contribution in [0.1, 0.15) is 18.9 Å². The highest BCUT2D eigenvalue weighted by molar-refractivity contribution is 5.90. The van der Waals surface area contributed by atoms with Crippen LogP contribution in [0.4, 0.5) is 14.0 Å². The average Bonchev–Trinajstić information content (AvgIpc) is 2.99. The van der Waals surface area contributed by atoms with Crippen molar-refractivity contribution in [3.05, 3.63) is 35.9 Å². The number of carboxylic acid groups (broad SMARTS) is 2. The van der Waals surface area contributed by atoms with Crippen molar-refractivity contribution in [2.45, 2.75) is 38.2 Å². The second kappa shape index (κ2) is 8.12. The summed E-state index contributed by atoms with van der Waals surface area (Å²) in [7, 11) is 0. The van der Waals surface area contributed by atoms with Gasteiger partial charge in [-0.3, -0.25) is 0 Å². The number of alkyl carbamates (subject to hydrolysis) is 1. The number of nitrogens with one attached hydrogen (secondary N) is 1. The molecule has 1 aliphatic rings. The van der Waals surface area contributed by atoms with Crippen LogP contribution in [0.5, 0.6) is 0 Å². The summed E-state index contributed by atoms with van der Waals surface area (Å²) < 4.78 is 17.1. The summed E-state index contributed by atoms with van der Waals surface area (Å²) in [6, 6.07) is 5.55. The van der Waals surface area contributed by atoms with Gasteiger partial charge in [0.15, 0.2) is 6.17 Å². The fourth-order valence-electron chi connectivity index (χ4n) is 3.12. The third-order valence-corrected chi connectivity index (χ3v) is 4.43. The molecule has 1 heterocycles. The van der Waals surface area contributed by atoms with E-state index >= 15 is 0 Å². The molecule has 3 amide bonds. The molecule has 0 radical (unpaired) electrons. The Hall–Kier alpha value is -3.01. The SMILES string of the molecule is CC(NC(=O)OCc1ccccc1)C(=O)[N+]1(C(=O)O)CC(F)CC1C(=O)O. The maximum Gasteiger partial charge on any atom is 0.522 e. The molecule has 0 aliphatic carbocycles. The first-order valence-electron chi connectivity index (χ1n) is 8.18. The van der Waals surface area contributed by atoms with Gasteiger partial charge in [0, 0.05) is 6.42 Å². The monoisotopic (exact) mass is 383 g/mol. The number of aliphatic carboxylic acids is 1. The maximum absolute atomic E-state index is 13.8. The minimum atomic E-state index is -1.78. The highest BCUT2D eigenvalue weighted by Gasteiger charge is 2.63. The first-order chi connectivity index (χ1) is 12.7. The van der Waals surface area contributed by atoms with Crippen LogP contribution >= 0.6 is 0 Å². The van der Waals surface area contributed by atoms with Gasteiger partial charge >= 0.3 is 24.1 Å². The van der Waals surface area contributed by atoms with E-state index in [-0.39, 0.29) is 6.61 Å². The van der Waals surface area contributed by atoms with Crippen molar-refractivity contribution in [3.63, 3.8) is 0 Å². The standard InChI is InChI=1S/C17H19FN2O7/c1-10(19-16(24)27-9-11-5-3-2-4-6-11)14(21)20(17(25)26)8-12(18)7-13(20)15(22)23/h2-6,10,12-13H,7-9H2,1H3,(H2-,19,22,23,24,25,26)/p+1. The summed E-state index contributed by atoms with van der Waals surface area (Å²) in [5.74, 6) is -2.73. The predicted molar refractivity (Wildman–Crippen MR) is 88.3 cm³/mol. The molecule has 0 aromatic heterocycles. The van der Waals surface area contributed by atoms with E-state index in [2.05, 4.69) is 5.32 Å². The quantitative estimate of drug-likeness (QED) is 0.657. The minimum absolute atomic E-state index is 0.0726. The summed E-state index contributed by atoms with van der Waals surface area (Å²) in [6.45, 7) is 0.312. The molecule has 1 aromatic rings. The normalized spacial score (nSPS) is 25.4. The lowest BCUT2D eigenvalue weighted by Gasteiger charge is -2.31. The number of rotatable bonds is 5. The van der Waals surface area contributed by atoms with E-state index < -0.39 is 59.8 Å². The molecular weight excluding hydrogens is 363 g/mol. The second-order valence-electron chi connectivity index (χ2n) is 6.29. The van der Waals surface area contributed by atoms with E-state index in [4.69, 9.17) is 4.74 Å². The minimum Gasteiger partial charge on any atom is -0.477 e. The number of hydrogen-bond acceptors (Lipinski definition) is 5. The van der Waals surface area contributed by atoms with Crippen LogP contribution in [0.3, 0.4) is 0 Å². The lowest BCUT2D eigenvalue weighted by atomic mass is 10.1. The van der Waals surface area contributed by atoms with Crippen molar-refractivity contribution in [1.29, 1.82) is 0 Å². The van der Waals surface area contributed by atoms with E-state index in [1.54, 1.807) is 30.3 Å². The number of ether oxygens (including phenoxy) is 1. The Morgan fingerprint density at radius 1 is 1.26 bits per heavy atom. The smallest absolute Gasteiger partial charge is 0.477 e. The van der Waals surface area contributed by atoms with Crippen LogP contribution in [-0.2, 0) is 20.9 Å². The summed E-state index contributed by atoms with van der Waals surface area (Å²) in [5, 5.41) is 20.9. The molecule has 1 aromatic carbocycles. The van der Waals surface area contributed by atoms with Gasteiger partial charge in [0.25, 0.3) is 0 Å². The number of hydrogen-bond donors (Lipinski definition) is 3. The molecule has 0 spiro atoms. The molecule has 4 atom stereocenters. The molecule has 146 valence electrons. The first-order valence-corrected chi connectivity index (χ1v) is 8.18. The molecule has 0 saturated carbocycles. The van der Waals surface area contributed by atoms with Crippen molar-refractivity contribution in [3.8, 4) is 0 Å². The molecule has 1 saturated heterocycles. The van der Waals surface area contributed by atoms with Gasteiger partial charge in [0.2, 0.25) is 6.04 Å². The Kier molecular flexibility index (Phi) is 6.11. The summed E-state index contributed by atoms with van der Waals surface area (Å²) >= 11 is 0. The average molecular weight is 383 g/mol. The number of carboxylic acids is 1. The highest BCUT2D eigenvalue weighted by atomic mass is 19.1. The largest absolute Gasteiger partial charge is 0.522 e. The van der Waals surface area contributed by atoms with Crippen LogP contribution in [0.25, 0.3) is 0 Å². The van der Waals surface area contributed by atoms with Crippen LogP contribution in [0.2, 0.25) is 0 Å². The summed E-state index contributed by atoms with van der Waals surface area (Å²) in [4.78, 5) is 47.6. The van der Waals surface area contributed by atoms with Crippen molar-refractivity contribution in [2.24, 2.45) is 0 Å².